The first-order valence-electron chi connectivity index (χ1n) is 3.71. The van der Waals surface area contributed by atoms with Crippen LogP contribution in [0, 0.1) is 0 Å². The number of nitrogens with two attached hydrogens (primary N) is 1. The molecule has 2 heterocycles. The Kier molecular flexibility index (Phi) is 1.51. The molecule has 3 nitrogen and oxygen atoms in total. The van der Waals surface area contributed by atoms with E-state index < -0.39 is 0 Å². The van der Waals surface area contributed by atoms with E-state index in [9.17, 15) is 0 Å². The van der Waals surface area contributed by atoms with Crippen LogP contribution in [0.3, 0.4) is 0 Å². The summed E-state index contributed by atoms with van der Waals surface area (Å²) in [6.45, 7) is 0.708. The Balaban J connectivity index is 2.44. The normalized spacial score (nSPS) is 22.1. The summed E-state index contributed by atoms with van der Waals surface area (Å²) in [6.07, 6.45) is 2.61. The van der Waals surface area contributed by atoms with Gasteiger partial charge in [-0.15, -0.1) is 0 Å². The summed E-state index contributed by atoms with van der Waals surface area (Å²) in [5.74, 6) is 0.839. The molecule has 0 radical (unpaired) electrons. The van der Waals surface area contributed by atoms with E-state index in [1.54, 1.807) is 6.20 Å². The van der Waals surface area contributed by atoms with E-state index in [4.69, 9.17) is 10.5 Å². The first-order chi connectivity index (χ1) is 5.38. The van der Waals surface area contributed by atoms with Crippen LogP contribution in [0.4, 0.5) is 0 Å². The van der Waals surface area contributed by atoms with E-state index in [2.05, 4.69) is 4.98 Å². The van der Waals surface area contributed by atoms with E-state index in [1.807, 2.05) is 12.1 Å². The van der Waals surface area contributed by atoms with Crippen molar-refractivity contribution >= 4 is 0 Å². The van der Waals surface area contributed by atoms with Gasteiger partial charge in [0.1, 0.15) is 5.75 Å². The first kappa shape index (κ1) is 6.61. The molecule has 1 aromatic heterocycles. The molecule has 0 bridgehead atoms. The lowest BCUT2D eigenvalue weighted by Gasteiger charge is -2.20. The Morgan fingerprint density at radius 3 is 3.36 bits per heavy atom. The molecule has 0 saturated carbocycles. The molecule has 0 amide bonds. The molecule has 0 fully saturated rings. The Hall–Kier alpha value is -1.09. The van der Waals surface area contributed by atoms with Crippen molar-refractivity contribution in [3.8, 4) is 5.75 Å². The number of hydrogen-bond acceptors (Lipinski definition) is 3. The van der Waals surface area contributed by atoms with E-state index in [1.165, 1.54) is 0 Å². The maximum atomic E-state index is 5.80. The second kappa shape index (κ2) is 2.51. The van der Waals surface area contributed by atoms with Gasteiger partial charge in [0.15, 0.2) is 0 Å². The van der Waals surface area contributed by atoms with Crippen LogP contribution in [0.25, 0.3) is 0 Å². The Morgan fingerprint density at radius 1 is 1.64 bits per heavy atom. The van der Waals surface area contributed by atoms with Crippen LogP contribution in [-0.2, 0) is 0 Å². The van der Waals surface area contributed by atoms with Crippen molar-refractivity contribution in [1.29, 1.82) is 0 Å². The molecule has 58 valence electrons. The van der Waals surface area contributed by atoms with Gasteiger partial charge in [-0.3, -0.25) is 4.98 Å². The summed E-state index contributed by atoms with van der Waals surface area (Å²) in [7, 11) is 0. The summed E-state index contributed by atoms with van der Waals surface area (Å²) in [5, 5.41) is 0. The molecule has 0 spiro atoms. The fourth-order valence-corrected chi connectivity index (χ4v) is 1.24. The van der Waals surface area contributed by atoms with Crippen LogP contribution in [-0.4, -0.2) is 11.6 Å². The molecule has 0 saturated heterocycles. The van der Waals surface area contributed by atoms with E-state index in [0.29, 0.717) is 6.61 Å². The number of ether oxygens (including phenoxy) is 1. The summed E-state index contributed by atoms with van der Waals surface area (Å²) < 4.78 is 5.35. The zero-order valence-electron chi connectivity index (χ0n) is 6.16. The van der Waals surface area contributed by atoms with Crippen molar-refractivity contribution in [2.24, 2.45) is 5.73 Å². The minimum Gasteiger partial charge on any atom is -0.492 e. The first-order valence-corrected chi connectivity index (χ1v) is 3.71. The maximum Gasteiger partial charge on any atom is 0.142 e. The van der Waals surface area contributed by atoms with Gasteiger partial charge in [-0.2, -0.15) is 0 Å². The summed E-state index contributed by atoms with van der Waals surface area (Å²) in [4.78, 5) is 4.15. The second-order valence-corrected chi connectivity index (χ2v) is 2.63. The highest BCUT2D eigenvalue weighted by molar-refractivity contribution is 5.30. The number of hydrogen-bond donors (Lipinski definition) is 1. The van der Waals surface area contributed by atoms with Crippen LogP contribution < -0.4 is 10.5 Å². The zero-order valence-corrected chi connectivity index (χ0v) is 6.16. The van der Waals surface area contributed by atoms with Gasteiger partial charge in [0, 0.05) is 12.6 Å². The van der Waals surface area contributed by atoms with Crippen molar-refractivity contribution < 1.29 is 4.74 Å². The molecule has 0 aromatic carbocycles. The van der Waals surface area contributed by atoms with Crippen molar-refractivity contribution in [2.45, 2.75) is 12.5 Å². The summed E-state index contributed by atoms with van der Waals surface area (Å²) in [6, 6.07) is 3.82. The summed E-state index contributed by atoms with van der Waals surface area (Å²) in [5.41, 5.74) is 6.69. The number of fused-ring (bicyclic) bond motifs is 1. The predicted molar refractivity (Wildman–Crippen MR) is 41.3 cm³/mol. The lowest BCUT2D eigenvalue weighted by Crippen LogP contribution is -2.21. The average Bonchev–Trinajstić information content (AvgIpc) is 2.06. The highest BCUT2D eigenvalue weighted by atomic mass is 16.5. The van der Waals surface area contributed by atoms with Crippen LogP contribution in [0.2, 0.25) is 0 Å². The van der Waals surface area contributed by atoms with Gasteiger partial charge < -0.3 is 10.5 Å². The van der Waals surface area contributed by atoms with Crippen molar-refractivity contribution in [1.82, 2.24) is 4.98 Å². The molecular formula is C8H10N2O. The minimum atomic E-state index is 0.0555. The Bertz CT molecular complexity index is 262. The zero-order chi connectivity index (χ0) is 7.68. The van der Waals surface area contributed by atoms with Crippen LogP contribution in [0.5, 0.6) is 5.75 Å². The molecule has 2 N–H and O–H groups in total. The van der Waals surface area contributed by atoms with Gasteiger partial charge in [0.25, 0.3) is 0 Å². The monoisotopic (exact) mass is 150 g/mol. The third-order valence-electron chi connectivity index (χ3n) is 1.84. The maximum absolute atomic E-state index is 5.80. The molecule has 1 aromatic rings. The fourth-order valence-electron chi connectivity index (χ4n) is 1.24. The van der Waals surface area contributed by atoms with Crippen molar-refractivity contribution in [3.05, 3.63) is 24.0 Å². The summed E-state index contributed by atoms with van der Waals surface area (Å²) >= 11 is 0. The second-order valence-electron chi connectivity index (χ2n) is 2.63. The number of nitrogens with zero attached hydrogens (tertiary/aromatic N) is 1. The Morgan fingerprint density at radius 2 is 2.55 bits per heavy atom. The van der Waals surface area contributed by atoms with Gasteiger partial charge in [-0.05, 0) is 12.1 Å². The van der Waals surface area contributed by atoms with Crippen molar-refractivity contribution in [2.75, 3.05) is 6.61 Å². The van der Waals surface area contributed by atoms with Gasteiger partial charge in [0.2, 0.25) is 0 Å². The molecule has 1 unspecified atom stereocenters. The molecule has 0 aliphatic carbocycles. The molecule has 3 heteroatoms. The largest absolute Gasteiger partial charge is 0.492 e. The highest BCUT2D eigenvalue weighted by Gasteiger charge is 2.17. The predicted octanol–water partition coefficient (Wildman–Crippen LogP) is 0.864. The molecule has 2 rings (SSSR count). The number of aromatic nitrogens is 1. The molecule has 11 heavy (non-hydrogen) atoms. The van der Waals surface area contributed by atoms with Gasteiger partial charge >= 0.3 is 0 Å². The van der Waals surface area contributed by atoms with Gasteiger partial charge in [-0.1, -0.05) is 0 Å². The molecule has 1 aliphatic rings. The molecular weight excluding hydrogens is 140 g/mol. The van der Waals surface area contributed by atoms with Crippen LogP contribution in [0.15, 0.2) is 18.3 Å². The topological polar surface area (TPSA) is 48.1 Å². The van der Waals surface area contributed by atoms with Crippen molar-refractivity contribution in [3.63, 3.8) is 0 Å². The smallest absolute Gasteiger partial charge is 0.142 e. The van der Waals surface area contributed by atoms with Gasteiger partial charge in [-0.25, -0.2) is 0 Å². The van der Waals surface area contributed by atoms with E-state index >= 15 is 0 Å². The molecule has 1 atom stereocenters. The number of rotatable bonds is 0. The van der Waals surface area contributed by atoms with E-state index in [0.717, 1.165) is 17.9 Å². The third-order valence-corrected chi connectivity index (χ3v) is 1.84. The Labute approximate surface area is 65.2 Å². The lowest BCUT2D eigenvalue weighted by molar-refractivity contribution is 0.264. The van der Waals surface area contributed by atoms with Gasteiger partial charge in [0.05, 0.1) is 18.3 Å². The highest BCUT2D eigenvalue weighted by Crippen LogP contribution is 2.27. The third kappa shape index (κ3) is 1.07. The number of pyridine rings is 1. The van der Waals surface area contributed by atoms with Crippen LogP contribution >= 0.6 is 0 Å². The minimum absolute atomic E-state index is 0.0555. The van der Waals surface area contributed by atoms with E-state index in [-0.39, 0.29) is 6.04 Å². The standard InChI is InChI=1S/C8H10N2O/c9-6-3-5-11-7-2-1-4-10-8(6)7/h1-2,4,6H,3,5,9H2. The fraction of sp³-hybridized carbons (Fsp3) is 0.375. The average molecular weight is 150 g/mol. The lowest BCUT2D eigenvalue weighted by atomic mass is 10.1. The quantitative estimate of drug-likeness (QED) is 0.596. The molecule has 1 aliphatic heterocycles. The SMILES string of the molecule is NC1CCOc2cccnc21. The van der Waals surface area contributed by atoms with Crippen LogP contribution in [0.1, 0.15) is 18.2 Å².